The van der Waals surface area contributed by atoms with Gasteiger partial charge in [0.05, 0.1) is 17.7 Å². The van der Waals surface area contributed by atoms with Gasteiger partial charge in [0.15, 0.2) is 0 Å². The van der Waals surface area contributed by atoms with Crippen LogP contribution in [0.5, 0.6) is 0 Å². The molecule has 0 bridgehead atoms. The van der Waals surface area contributed by atoms with Gasteiger partial charge in [-0.05, 0) is 17.5 Å². The molecule has 0 aliphatic rings. The molecule has 0 unspecified atom stereocenters. The summed E-state index contributed by atoms with van der Waals surface area (Å²) < 4.78 is 0. The molecule has 24 heavy (non-hydrogen) atoms. The lowest BCUT2D eigenvalue weighted by Gasteiger charge is -2.09. The zero-order chi connectivity index (χ0) is 16.8. The summed E-state index contributed by atoms with van der Waals surface area (Å²) in [6, 6.07) is 13.5. The molecule has 0 saturated carbocycles. The first-order valence-electron chi connectivity index (χ1n) is 7.34. The number of benzene rings is 2. The van der Waals surface area contributed by atoms with E-state index in [1.165, 1.54) is 17.4 Å². The SMILES string of the molecule is O=C(/C=C/c1cscn1)NCC(=O)Nc1cccc2ccccc12. The van der Waals surface area contributed by atoms with Gasteiger partial charge in [-0.3, -0.25) is 9.59 Å². The van der Waals surface area contributed by atoms with E-state index in [4.69, 9.17) is 0 Å². The molecule has 120 valence electrons. The number of hydrogen-bond donors (Lipinski definition) is 2. The monoisotopic (exact) mass is 337 g/mol. The fourth-order valence-corrected chi connectivity index (χ4v) is 2.74. The van der Waals surface area contributed by atoms with Crippen molar-refractivity contribution in [3.05, 3.63) is 65.1 Å². The molecular formula is C18H15N3O2S. The Balaban J connectivity index is 1.56. The van der Waals surface area contributed by atoms with Crippen LogP contribution in [0.25, 0.3) is 16.8 Å². The summed E-state index contributed by atoms with van der Waals surface area (Å²) in [7, 11) is 0. The van der Waals surface area contributed by atoms with E-state index in [-0.39, 0.29) is 18.4 Å². The third-order valence-electron chi connectivity index (χ3n) is 3.34. The smallest absolute Gasteiger partial charge is 0.244 e. The van der Waals surface area contributed by atoms with Crippen molar-refractivity contribution in [2.45, 2.75) is 0 Å². The molecular weight excluding hydrogens is 322 g/mol. The summed E-state index contributed by atoms with van der Waals surface area (Å²) >= 11 is 1.45. The van der Waals surface area contributed by atoms with Crippen molar-refractivity contribution in [2.24, 2.45) is 0 Å². The summed E-state index contributed by atoms with van der Waals surface area (Å²) in [6.45, 7) is -0.0938. The Hall–Kier alpha value is -2.99. The third-order valence-corrected chi connectivity index (χ3v) is 3.95. The minimum absolute atomic E-state index is 0.0938. The molecule has 0 saturated heterocycles. The average Bonchev–Trinajstić information content (AvgIpc) is 3.12. The maximum Gasteiger partial charge on any atom is 0.244 e. The van der Waals surface area contributed by atoms with Gasteiger partial charge in [0.25, 0.3) is 0 Å². The van der Waals surface area contributed by atoms with Gasteiger partial charge in [-0.25, -0.2) is 4.98 Å². The quantitative estimate of drug-likeness (QED) is 0.703. The fourth-order valence-electron chi connectivity index (χ4n) is 2.22. The lowest BCUT2D eigenvalue weighted by molar-refractivity contribution is -0.121. The summed E-state index contributed by atoms with van der Waals surface area (Å²) in [5.74, 6) is -0.613. The highest BCUT2D eigenvalue weighted by molar-refractivity contribution is 7.07. The molecule has 0 spiro atoms. The standard InChI is InChI=1S/C18H15N3O2S/c22-17(9-8-14-11-24-12-20-14)19-10-18(23)21-16-7-3-5-13-4-1-2-6-15(13)16/h1-9,11-12H,10H2,(H,19,22)(H,21,23)/b9-8+. The van der Waals surface area contributed by atoms with Crippen LogP contribution >= 0.6 is 11.3 Å². The molecule has 2 N–H and O–H groups in total. The highest BCUT2D eigenvalue weighted by Gasteiger charge is 2.06. The number of carbonyl (C=O) groups is 2. The van der Waals surface area contributed by atoms with Crippen molar-refractivity contribution >= 4 is 45.7 Å². The van der Waals surface area contributed by atoms with Crippen LogP contribution in [0.1, 0.15) is 5.69 Å². The first kappa shape index (κ1) is 15.9. The number of aromatic nitrogens is 1. The molecule has 3 rings (SSSR count). The Morgan fingerprint density at radius 3 is 2.79 bits per heavy atom. The summed E-state index contributed by atoms with van der Waals surface area (Å²) in [6.07, 6.45) is 2.97. The Labute approximate surface area is 143 Å². The van der Waals surface area contributed by atoms with Gasteiger partial charge < -0.3 is 10.6 Å². The van der Waals surface area contributed by atoms with Gasteiger partial charge in [0, 0.05) is 22.5 Å². The number of amides is 2. The van der Waals surface area contributed by atoms with Crippen molar-refractivity contribution in [1.29, 1.82) is 0 Å². The maximum absolute atomic E-state index is 12.0. The first-order chi connectivity index (χ1) is 11.7. The van der Waals surface area contributed by atoms with Crippen molar-refractivity contribution < 1.29 is 9.59 Å². The van der Waals surface area contributed by atoms with Crippen LogP contribution in [-0.4, -0.2) is 23.3 Å². The number of fused-ring (bicyclic) bond motifs is 1. The number of nitrogens with zero attached hydrogens (tertiary/aromatic N) is 1. The third kappa shape index (κ3) is 4.05. The molecule has 2 amide bonds. The highest BCUT2D eigenvalue weighted by atomic mass is 32.1. The predicted molar refractivity (Wildman–Crippen MR) is 96.7 cm³/mol. The van der Waals surface area contributed by atoms with Crippen LogP contribution < -0.4 is 10.6 Å². The number of nitrogens with one attached hydrogen (secondary N) is 2. The summed E-state index contributed by atoms with van der Waals surface area (Å²) in [5, 5.41) is 9.21. The number of thiazole rings is 1. The van der Waals surface area contributed by atoms with Gasteiger partial charge in [0.1, 0.15) is 0 Å². The number of rotatable bonds is 5. The molecule has 0 radical (unpaired) electrons. The second kappa shape index (κ2) is 7.52. The van der Waals surface area contributed by atoms with Crippen molar-refractivity contribution in [1.82, 2.24) is 10.3 Å². The lowest BCUT2D eigenvalue weighted by atomic mass is 10.1. The zero-order valence-electron chi connectivity index (χ0n) is 12.7. The molecule has 2 aromatic carbocycles. The Kier molecular flexibility index (Phi) is 4.98. The van der Waals surface area contributed by atoms with Crippen LogP contribution in [0.3, 0.4) is 0 Å². The van der Waals surface area contributed by atoms with Crippen molar-refractivity contribution in [2.75, 3.05) is 11.9 Å². The van der Waals surface area contributed by atoms with E-state index < -0.39 is 0 Å². The molecule has 0 aliphatic carbocycles. The van der Waals surface area contributed by atoms with Crippen molar-refractivity contribution in [3.63, 3.8) is 0 Å². The Bertz CT molecular complexity index is 883. The van der Waals surface area contributed by atoms with E-state index >= 15 is 0 Å². The minimum atomic E-state index is -0.337. The van der Waals surface area contributed by atoms with Gasteiger partial charge in [-0.1, -0.05) is 36.4 Å². The zero-order valence-corrected chi connectivity index (χ0v) is 13.5. The predicted octanol–water partition coefficient (Wildman–Crippen LogP) is 3.06. The number of carbonyl (C=O) groups excluding carboxylic acids is 2. The Morgan fingerprint density at radius 2 is 1.96 bits per heavy atom. The second-order valence-corrected chi connectivity index (χ2v) is 5.76. The maximum atomic E-state index is 12.0. The van der Waals surface area contributed by atoms with Gasteiger partial charge in [0.2, 0.25) is 11.8 Å². The molecule has 3 aromatic rings. The molecule has 0 atom stereocenters. The number of hydrogen-bond acceptors (Lipinski definition) is 4. The fraction of sp³-hybridized carbons (Fsp3) is 0.0556. The Morgan fingerprint density at radius 1 is 1.12 bits per heavy atom. The highest BCUT2D eigenvalue weighted by Crippen LogP contribution is 2.22. The molecule has 1 aromatic heterocycles. The van der Waals surface area contributed by atoms with E-state index in [0.29, 0.717) is 0 Å². The number of anilines is 1. The van der Waals surface area contributed by atoms with E-state index in [2.05, 4.69) is 15.6 Å². The lowest BCUT2D eigenvalue weighted by Crippen LogP contribution is -2.31. The van der Waals surface area contributed by atoms with Crippen molar-refractivity contribution in [3.8, 4) is 0 Å². The summed E-state index contributed by atoms with van der Waals surface area (Å²) in [5.41, 5.74) is 3.13. The molecule has 1 heterocycles. The van der Waals surface area contributed by atoms with Crippen LogP contribution in [0, 0.1) is 0 Å². The largest absolute Gasteiger partial charge is 0.343 e. The van der Waals surface area contributed by atoms with Crippen LogP contribution in [0.2, 0.25) is 0 Å². The van der Waals surface area contributed by atoms with E-state index in [9.17, 15) is 9.59 Å². The molecule has 0 fully saturated rings. The minimum Gasteiger partial charge on any atom is -0.343 e. The second-order valence-electron chi connectivity index (χ2n) is 5.04. The van der Waals surface area contributed by atoms with E-state index in [1.807, 2.05) is 47.8 Å². The summed E-state index contributed by atoms with van der Waals surface area (Å²) in [4.78, 5) is 27.8. The van der Waals surface area contributed by atoms with Crippen LogP contribution in [0.4, 0.5) is 5.69 Å². The molecule has 0 aliphatic heterocycles. The van der Waals surface area contributed by atoms with Gasteiger partial charge in [-0.2, -0.15) is 0 Å². The van der Waals surface area contributed by atoms with Gasteiger partial charge in [-0.15, -0.1) is 11.3 Å². The average molecular weight is 337 g/mol. The van der Waals surface area contributed by atoms with E-state index in [1.54, 1.807) is 11.6 Å². The van der Waals surface area contributed by atoms with Crippen LogP contribution in [-0.2, 0) is 9.59 Å². The molecule has 6 heteroatoms. The van der Waals surface area contributed by atoms with Gasteiger partial charge >= 0.3 is 0 Å². The first-order valence-corrected chi connectivity index (χ1v) is 8.28. The topological polar surface area (TPSA) is 71.1 Å². The van der Waals surface area contributed by atoms with Crippen LogP contribution in [0.15, 0.2) is 59.4 Å². The molecule has 5 nitrogen and oxygen atoms in total. The van der Waals surface area contributed by atoms with E-state index in [0.717, 1.165) is 22.2 Å². The normalized spacial score (nSPS) is 10.8.